The molecule has 0 spiro atoms. The van der Waals surface area contributed by atoms with Crippen LogP contribution in [-0.2, 0) is 6.42 Å². The lowest BCUT2D eigenvalue weighted by molar-refractivity contribution is 0.0492. The molecule has 0 bridgehead atoms. The number of nitrogens with zero attached hydrogens (tertiary/aromatic N) is 2. The number of pyridine rings is 1. The van der Waals surface area contributed by atoms with E-state index in [1.807, 2.05) is 41.3 Å². The van der Waals surface area contributed by atoms with Crippen molar-refractivity contribution in [3.8, 4) is 0 Å². The van der Waals surface area contributed by atoms with Crippen molar-refractivity contribution in [2.75, 3.05) is 6.54 Å². The van der Waals surface area contributed by atoms with Crippen LogP contribution < -0.4 is 0 Å². The molecular formula is C20H21N3O2. The van der Waals surface area contributed by atoms with E-state index in [0.29, 0.717) is 24.2 Å². The summed E-state index contributed by atoms with van der Waals surface area (Å²) < 4.78 is 0. The zero-order valence-electron chi connectivity index (χ0n) is 13.9. The number of aliphatic hydroxyl groups excluding tert-OH is 1. The number of benzene rings is 1. The van der Waals surface area contributed by atoms with Crippen molar-refractivity contribution in [2.45, 2.75) is 31.4 Å². The van der Waals surface area contributed by atoms with E-state index in [0.717, 1.165) is 23.8 Å². The van der Waals surface area contributed by atoms with Gasteiger partial charge in [0.15, 0.2) is 0 Å². The molecule has 0 saturated carbocycles. The van der Waals surface area contributed by atoms with Gasteiger partial charge in [-0.2, -0.15) is 0 Å². The molecule has 1 fully saturated rings. The van der Waals surface area contributed by atoms with Crippen LogP contribution in [0.3, 0.4) is 0 Å². The van der Waals surface area contributed by atoms with Crippen molar-refractivity contribution in [1.29, 1.82) is 0 Å². The van der Waals surface area contributed by atoms with E-state index in [-0.39, 0.29) is 11.9 Å². The third kappa shape index (κ3) is 3.03. The second-order valence-electron chi connectivity index (χ2n) is 6.56. The highest BCUT2D eigenvalue weighted by molar-refractivity contribution is 6.05. The van der Waals surface area contributed by atoms with Gasteiger partial charge in [-0.05, 0) is 30.5 Å². The van der Waals surface area contributed by atoms with Crippen LogP contribution in [0.4, 0.5) is 0 Å². The SMILES string of the molecule is O=C(c1ccnc2[nH]ccc12)N1CCCC1C(O)Cc1ccccc1. The van der Waals surface area contributed by atoms with Crippen LogP contribution in [0.25, 0.3) is 11.0 Å². The molecule has 2 N–H and O–H groups in total. The fraction of sp³-hybridized carbons (Fsp3) is 0.300. The zero-order chi connectivity index (χ0) is 17.2. The van der Waals surface area contributed by atoms with E-state index >= 15 is 0 Å². The molecule has 5 heteroatoms. The molecule has 1 amide bonds. The number of hydrogen-bond donors (Lipinski definition) is 2. The second-order valence-corrected chi connectivity index (χ2v) is 6.56. The van der Waals surface area contributed by atoms with E-state index < -0.39 is 6.10 Å². The number of hydrogen-bond acceptors (Lipinski definition) is 3. The molecule has 128 valence electrons. The number of carbonyl (C=O) groups excluding carboxylic acids is 1. The average molecular weight is 335 g/mol. The largest absolute Gasteiger partial charge is 0.391 e. The molecular weight excluding hydrogens is 314 g/mol. The first-order chi connectivity index (χ1) is 12.2. The summed E-state index contributed by atoms with van der Waals surface area (Å²) in [5.74, 6) is -0.0263. The molecule has 3 aromatic rings. The number of aromatic amines is 1. The molecule has 2 aromatic heterocycles. The Balaban J connectivity index is 1.56. The van der Waals surface area contributed by atoms with Crippen LogP contribution in [0, 0.1) is 0 Å². The van der Waals surface area contributed by atoms with Crippen LogP contribution in [0.1, 0.15) is 28.8 Å². The number of aliphatic hydroxyl groups is 1. The maximum atomic E-state index is 13.1. The van der Waals surface area contributed by atoms with Gasteiger partial charge in [0.25, 0.3) is 5.91 Å². The molecule has 5 nitrogen and oxygen atoms in total. The third-order valence-corrected chi connectivity index (χ3v) is 4.98. The summed E-state index contributed by atoms with van der Waals surface area (Å²) in [6, 6.07) is 13.4. The van der Waals surface area contributed by atoms with Gasteiger partial charge < -0.3 is 15.0 Å². The molecule has 2 atom stereocenters. The smallest absolute Gasteiger partial charge is 0.254 e. The van der Waals surface area contributed by atoms with Crippen LogP contribution in [0.5, 0.6) is 0 Å². The molecule has 1 saturated heterocycles. The van der Waals surface area contributed by atoms with E-state index in [1.54, 1.807) is 18.5 Å². The number of nitrogens with one attached hydrogen (secondary N) is 1. The van der Waals surface area contributed by atoms with Crippen molar-refractivity contribution >= 4 is 16.9 Å². The number of likely N-dealkylation sites (tertiary alicyclic amines) is 1. The van der Waals surface area contributed by atoms with Gasteiger partial charge in [0.2, 0.25) is 0 Å². The number of H-pyrrole nitrogens is 1. The quantitative estimate of drug-likeness (QED) is 0.770. The molecule has 1 aliphatic heterocycles. The highest BCUT2D eigenvalue weighted by Crippen LogP contribution is 2.26. The molecule has 1 aliphatic rings. The molecule has 25 heavy (non-hydrogen) atoms. The summed E-state index contributed by atoms with van der Waals surface area (Å²) >= 11 is 0. The number of fused-ring (bicyclic) bond motifs is 1. The number of rotatable bonds is 4. The lowest BCUT2D eigenvalue weighted by atomic mass is 10.00. The first-order valence-electron chi connectivity index (χ1n) is 8.69. The fourth-order valence-electron chi connectivity index (χ4n) is 3.74. The van der Waals surface area contributed by atoms with Crippen molar-refractivity contribution in [3.05, 3.63) is 66.0 Å². The Morgan fingerprint density at radius 3 is 2.96 bits per heavy atom. The van der Waals surface area contributed by atoms with Gasteiger partial charge >= 0.3 is 0 Å². The van der Waals surface area contributed by atoms with E-state index in [1.165, 1.54) is 0 Å². The lowest BCUT2D eigenvalue weighted by Gasteiger charge is -2.29. The Labute approximate surface area is 146 Å². The Morgan fingerprint density at radius 1 is 1.28 bits per heavy atom. The highest BCUT2D eigenvalue weighted by Gasteiger charge is 2.34. The van der Waals surface area contributed by atoms with Gasteiger partial charge in [0, 0.05) is 30.7 Å². The average Bonchev–Trinajstić information content (AvgIpc) is 3.31. The zero-order valence-corrected chi connectivity index (χ0v) is 13.9. The third-order valence-electron chi connectivity index (χ3n) is 4.98. The minimum atomic E-state index is -0.558. The summed E-state index contributed by atoms with van der Waals surface area (Å²) in [4.78, 5) is 22.2. The summed E-state index contributed by atoms with van der Waals surface area (Å²) in [5.41, 5.74) is 2.45. The van der Waals surface area contributed by atoms with Crippen LogP contribution in [0.2, 0.25) is 0 Å². The van der Waals surface area contributed by atoms with Crippen LogP contribution in [0.15, 0.2) is 54.9 Å². The predicted octanol–water partition coefficient (Wildman–Crippen LogP) is 2.77. The monoisotopic (exact) mass is 335 g/mol. The summed E-state index contributed by atoms with van der Waals surface area (Å²) in [7, 11) is 0. The Kier molecular flexibility index (Phi) is 4.24. The molecule has 4 rings (SSSR count). The van der Waals surface area contributed by atoms with Gasteiger partial charge in [-0.15, -0.1) is 0 Å². The standard InChI is InChI=1S/C20H21N3O2/c24-18(13-14-5-2-1-3-6-14)17-7-4-12-23(17)20(25)16-9-11-22-19-15(16)8-10-21-19/h1-3,5-6,8-11,17-18,24H,4,7,12-13H2,(H,21,22). The number of aromatic nitrogens is 2. The van der Waals surface area contributed by atoms with Gasteiger partial charge in [0.05, 0.1) is 17.7 Å². The first-order valence-corrected chi connectivity index (χ1v) is 8.69. The molecule has 3 heterocycles. The van der Waals surface area contributed by atoms with Crippen LogP contribution in [-0.4, -0.2) is 44.6 Å². The van der Waals surface area contributed by atoms with Gasteiger partial charge in [-0.25, -0.2) is 4.98 Å². The maximum Gasteiger partial charge on any atom is 0.254 e. The molecule has 2 unspecified atom stereocenters. The van der Waals surface area contributed by atoms with Gasteiger partial charge in [0.1, 0.15) is 5.65 Å². The summed E-state index contributed by atoms with van der Waals surface area (Å²) in [5, 5.41) is 11.6. The Morgan fingerprint density at radius 2 is 2.12 bits per heavy atom. The first kappa shape index (κ1) is 15.8. The van der Waals surface area contributed by atoms with Gasteiger partial charge in [-0.1, -0.05) is 30.3 Å². The molecule has 1 aromatic carbocycles. The molecule has 0 aliphatic carbocycles. The van der Waals surface area contributed by atoms with E-state index in [9.17, 15) is 9.90 Å². The van der Waals surface area contributed by atoms with Crippen molar-refractivity contribution in [3.63, 3.8) is 0 Å². The van der Waals surface area contributed by atoms with Crippen LogP contribution >= 0.6 is 0 Å². The van der Waals surface area contributed by atoms with Crippen molar-refractivity contribution < 1.29 is 9.90 Å². The minimum absolute atomic E-state index is 0.0263. The topological polar surface area (TPSA) is 69.2 Å². The van der Waals surface area contributed by atoms with Crippen molar-refractivity contribution in [1.82, 2.24) is 14.9 Å². The highest BCUT2D eigenvalue weighted by atomic mass is 16.3. The number of carbonyl (C=O) groups is 1. The Hall–Kier alpha value is -2.66. The van der Waals surface area contributed by atoms with E-state index in [4.69, 9.17) is 0 Å². The number of amides is 1. The van der Waals surface area contributed by atoms with Crippen molar-refractivity contribution in [2.24, 2.45) is 0 Å². The van der Waals surface area contributed by atoms with Gasteiger partial charge in [-0.3, -0.25) is 4.79 Å². The second kappa shape index (κ2) is 6.69. The maximum absolute atomic E-state index is 13.1. The summed E-state index contributed by atoms with van der Waals surface area (Å²) in [6.45, 7) is 0.684. The normalized spacial score (nSPS) is 18.6. The lowest BCUT2D eigenvalue weighted by Crippen LogP contribution is -2.43. The minimum Gasteiger partial charge on any atom is -0.391 e. The Bertz CT molecular complexity index is 875. The fourth-order valence-corrected chi connectivity index (χ4v) is 3.74. The predicted molar refractivity (Wildman–Crippen MR) is 96.3 cm³/mol. The molecule has 0 radical (unpaired) electrons. The van der Waals surface area contributed by atoms with E-state index in [2.05, 4.69) is 9.97 Å². The summed E-state index contributed by atoms with van der Waals surface area (Å²) in [6.07, 6.45) is 5.20.